The van der Waals surface area contributed by atoms with E-state index in [1.165, 1.54) is 5.56 Å². The minimum atomic E-state index is 0.0475. The Morgan fingerprint density at radius 3 is 2.39 bits per heavy atom. The Morgan fingerprint density at radius 1 is 1.28 bits per heavy atom. The Labute approximate surface area is 115 Å². The summed E-state index contributed by atoms with van der Waals surface area (Å²) in [7, 11) is 0. The molecule has 18 heavy (non-hydrogen) atoms. The van der Waals surface area contributed by atoms with Crippen LogP contribution in [0.25, 0.3) is 0 Å². The molecule has 0 heterocycles. The van der Waals surface area contributed by atoms with Crippen molar-refractivity contribution in [1.82, 2.24) is 0 Å². The van der Waals surface area contributed by atoms with Gasteiger partial charge >= 0.3 is 0 Å². The predicted octanol–water partition coefficient (Wildman–Crippen LogP) is 3.54. The fourth-order valence-corrected chi connectivity index (χ4v) is 1.86. The molecule has 0 radical (unpaired) electrons. The Bertz CT molecular complexity index is 472. The van der Waals surface area contributed by atoms with Crippen LogP contribution in [0.4, 0.5) is 0 Å². The molecule has 0 saturated carbocycles. The van der Waals surface area contributed by atoms with Crippen molar-refractivity contribution in [1.29, 1.82) is 0 Å². The first kappa shape index (κ1) is 14.8. The summed E-state index contributed by atoms with van der Waals surface area (Å²) in [5, 5.41) is 0. The van der Waals surface area contributed by atoms with E-state index in [4.69, 9.17) is 18.0 Å². The van der Waals surface area contributed by atoms with Crippen LogP contribution in [0.15, 0.2) is 18.2 Å². The van der Waals surface area contributed by atoms with Gasteiger partial charge in [-0.3, -0.25) is 4.79 Å². The van der Waals surface area contributed by atoms with E-state index in [9.17, 15) is 4.79 Å². The molecule has 0 spiro atoms. The highest BCUT2D eigenvalue weighted by Gasteiger charge is 2.17. The summed E-state index contributed by atoms with van der Waals surface area (Å²) in [6, 6.07) is 6.09. The zero-order valence-electron chi connectivity index (χ0n) is 11.5. The molecule has 1 aromatic carbocycles. The first-order valence-electron chi connectivity index (χ1n) is 6.14. The van der Waals surface area contributed by atoms with Gasteiger partial charge in [0.25, 0.3) is 0 Å². The molecule has 1 rings (SSSR count). The van der Waals surface area contributed by atoms with Crippen molar-refractivity contribution in [2.75, 3.05) is 0 Å². The molecule has 0 atom stereocenters. The molecule has 0 aromatic heterocycles. The van der Waals surface area contributed by atoms with Gasteiger partial charge in [0.15, 0.2) is 5.78 Å². The maximum absolute atomic E-state index is 12.1. The summed E-state index contributed by atoms with van der Waals surface area (Å²) < 4.78 is 0. The van der Waals surface area contributed by atoms with Crippen molar-refractivity contribution in [3.8, 4) is 0 Å². The summed E-state index contributed by atoms with van der Waals surface area (Å²) in [5.41, 5.74) is 8.46. The molecule has 0 aliphatic rings. The largest absolute Gasteiger partial charge is 0.393 e. The summed E-state index contributed by atoms with van der Waals surface area (Å²) in [4.78, 5) is 12.5. The second-order valence-corrected chi connectivity index (χ2v) is 6.19. The molecular weight excluding hydrogens is 242 g/mol. The van der Waals surface area contributed by atoms with Gasteiger partial charge in [-0.15, -0.1) is 0 Å². The van der Waals surface area contributed by atoms with Crippen LogP contribution in [-0.2, 0) is 5.41 Å². The quantitative estimate of drug-likeness (QED) is 0.667. The average Bonchev–Trinajstić information content (AvgIpc) is 2.24. The number of carbonyl (C=O) groups is 1. The molecule has 0 unspecified atom stereocenters. The number of hydrogen-bond acceptors (Lipinski definition) is 2. The molecule has 0 fully saturated rings. The highest BCUT2D eigenvalue weighted by atomic mass is 32.1. The van der Waals surface area contributed by atoms with Gasteiger partial charge in [-0.2, -0.15) is 0 Å². The number of thiocarbonyl (C=S) groups is 1. The van der Waals surface area contributed by atoms with Crippen molar-refractivity contribution in [2.45, 2.75) is 46.0 Å². The molecule has 98 valence electrons. The molecular formula is C15H21NOS. The van der Waals surface area contributed by atoms with Crippen LogP contribution < -0.4 is 5.73 Å². The number of ketones is 1. The van der Waals surface area contributed by atoms with Gasteiger partial charge in [0.1, 0.15) is 0 Å². The number of aryl methyl sites for hydroxylation is 1. The number of nitrogens with two attached hydrogens (primary N) is 1. The zero-order valence-corrected chi connectivity index (χ0v) is 12.4. The maximum Gasteiger partial charge on any atom is 0.163 e. The van der Waals surface area contributed by atoms with E-state index in [-0.39, 0.29) is 11.2 Å². The normalized spacial score (nSPS) is 11.3. The number of hydrogen-bond donors (Lipinski definition) is 1. The molecule has 2 nitrogen and oxygen atoms in total. The van der Waals surface area contributed by atoms with E-state index in [1.807, 2.05) is 19.1 Å². The standard InChI is InChI=1S/C15H21NOS/c1-10-5-6-11(15(2,3)4)9-12(10)13(17)7-8-14(16)18/h5-6,9H,7-8H2,1-4H3,(H2,16,18). The third kappa shape index (κ3) is 3.91. The Hall–Kier alpha value is -1.22. The van der Waals surface area contributed by atoms with Crippen LogP contribution in [-0.4, -0.2) is 10.8 Å². The number of Topliss-reactive ketones (excluding diaryl/α,β-unsaturated/α-hetero) is 1. The summed E-state index contributed by atoms with van der Waals surface area (Å²) >= 11 is 4.81. The molecule has 0 bridgehead atoms. The zero-order chi connectivity index (χ0) is 13.9. The Kier molecular flexibility index (Phi) is 4.63. The summed E-state index contributed by atoms with van der Waals surface area (Å²) in [5.74, 6) is 0.117. The van der Waals surface area contributed by atoms with Crippen LogP contribution in [0, 0.1) is 6.92 Å². The van der Waals surface area contributed by atoms with E-state index >= 15 is 0 Å². The summed E-state index contributed by atoms with van der Waals surface area (Å²) in [6.07, 6.45) is 0.872. The van der Waals surface area contributed by atoms with E-state index < -0.39 is 0 Å². The molecule has 2 N–H and O–H groups in total. The third-order valence-electron chi connectivity index (χ3n) is 3.00. The van der Waals surface area contributed by atoms with Gasteiger partial charge in [-0.05, 0) is 29.5 Å². The predicted molar refractivity (Wildman–Crippen MR) is 80.2 cm³/mol. The first-order valence-corrected chi connectivity index (χ1v) is 6.55. The Balaban J connectivity index is 3.01. The van der Waals surface area contributed by atoms with Gasteiger partial charge in [-0.25, -0.2) is 0 Å². The molecule has 0 saturated heterocycles. The average molecular weight is 263 g/mol. The van der Waals surface area contributed by atoms with E-state index in [0.29, 0.717) is 17.8 Å². The number of carbonyl (C=O) groups excluding carboxylic acids is 1. The lowest BCUT2D eigenvalue weighted by Gasteiger charge is -2.20. The molecule has 0 aliphatic heterocycles. The fourth-order valence-electron chi connectivity index (χ4n) is 1.76. The monoisotopic (exact) mass is 263 g/mol. The smallest absolute Gasteiger partial charge is 0.163 e. The van der Waals surface area contributed by atoms with Crippen molar-refractivity contribution < 1.29 is 4.79 Å². The molecule has 0 amide bonds. The lowest BCUT2D eigenvalue weighted by atomic mass is 9.84. The van der Waals surface area contributed by atoms with Crippen LogP contribution in [0.2, 0.25) is 0 Å². The van der Waals surface area contributed by atoms with Crippen LogP contribution in [0.5, 0.6) is 0 Å². The topological polar surface area (TPSA) is 43.1 Å². The van der Waals surface area contributed by atoms with E-state index in [2.05, 4.69) is 26.8 Å². The van der Waals surface area contributed by atoms with Crippen molar-refractivity contribution >= 4 is 23.0 Å². The lowest BCUT2D eigenvalue weighted by Crippen LogP contribution is -2.14. The van der Waals surface area contributed by atoms with Crippen molar-refractivity contribution in [2.24, 2.45) is 5.73 Å². The fraction of sp³-hybridized carbons (Fsp3) is 0.467. The molecule has 3 heteroatoms. The molecule has 1 aromatic rings. The maximum atomic E-state index is 12.1. The minimum Gasteiger partial charge on any atom is -0.393 e. The number of benzene rings is 1. The van der Waals surface area contributed by atoms with Crippen LogP contribution in [0.3, 0.4) is 0 Å². The minimum absolute atomic E-state index is 0.0475. The van der Waals surface area contributed by atoms with Gasteiger partial charge < -0.3 is 5.73 Å². The van der Waals surface area contributed by atoms with Crippen LogP contribution in [0.1, 0.15) is 55.1 Å². The number of rotatable bonds is 4. The van der Waals surface area contributed by atoms with E-state index in [1.54, 1.807) is 0 Å². The summed E-state index contributed by atoms with van der Waals surface area (Å²) in [6.45, 7) is 8.38. The second kappa shape index (κ2) is 5.61. The van der Waals surface area contributed by atoms with Crippen LogP contribution >= 0.6 is 12.2 Å². The van der Waals surface area contributed by atoms with Gasteiger partial charge in [0.05, 0.1) is 4.99 Å². The van der Waals surface area contributed by atoms with Crippen molar-refractivity contribution in [3.63, 3.8) is 0 Å². The Morgan fingerprint density at radius 2 is 1.89 bits per heavy atom. The highest BCUT2D eigenvalue weighted by Crippen LogP contribution is 2.25. The van der Waals surface area contributed by atoms with Crippen molar-refractivity contribution in [3.05, 3.63) is 34.9 Å². The second-order valence-electron chi connectivity index (χ2n) is 5.67. The lowest BCUT2D eigenvalue weighted by molar-refractivity contribution is 0.0984. The van der Waals surface area contributed by atoms with Gasteiger partial charge in [0, 0.05) is 18.4 Å². The SMILES string of the molecule is Cc1ccc(C(C)(C)C)cc1C(=O)CCC(N)=S. The first-order chi connectivity index (χ1) is 8.21. The van der Waals surface area contributed by atoms with E-state index in [0.717, 1.165) is 11.1 Å². The third-order valence-corrected chi connectivity index (χ3v) is 3.21. The highest BCUT2D eigenvalue weighted by molar-refractivity contribution is 7.80. The van der Waals surface area contributed by atoms with Gasteiger partial charge in [-0.1, -0.05) is 45.1 Å². The molecule has 0 aliphatic carbocycles. The van der Waals surface area contributed by atoms with Gasteiger partial charge in [0.2, 0.25) is 0 Å².